The van der Waals surface area contributed by atoms with Crippen molar-refractivity contribution in [2.24, 2.45) is 0 Å². The molecule has 0 radical (unpaired) electrons. The van der Waals surface area contributed by atoms with Gasteiger partial charge in [-0.05, 0) is 49.6 Å². The number of hydrogen-bond donors (Lipinski definition) is 1. The van der Waals surface area contributed by atoms with E-state index in [-0.39, 0.29) is 24.5 Å². The van der Waals surface area contributed by atoms with Crippen molar-refractivity contribution < 1.29 is 24.2 Å². The van der Waals surface area contributed by atoms with E-state index < -0.39 is 17.7 Å². The van der Waals surface area contributed by atoms with E-state index in [4.69, 9.17) is 9.47 Å². The van der Waals surface area contributed by atoms with E-state index in [1.807, 2.05) is 63.2 Å². The number of benzene rings is 2. The molecule has 3 rings (SSSR count). The van der Waals surface area contributed by atoms with Crippen molar-refractivity contribution in [3.63, 3.8) is 0 Å². The second-order valence-corrected chi connectivity index (χ2v) is 7.72. The molecule has 1 aliphatic heterocycles. The molecular weight excluding hydrogens is 394 g/mol. The van der Waals surface area contributed by atoms with Crippen molar-refractivity contribution in [1.82, 2.24) is 4.90 Å². The summed E-state index contributed by atoms with van der Waals surface area (Å²) in [6, 6.07) is 12.3. The zero-order chi connectivity index (χ0) is 22.5. The van der Waals surface area contributed by atoms with Gasteiger partial charge in [0.1, 0.15) is 11.5 Å². The normalized spacial score (nSPS) is 17.9. The smallest absolute Gasteiger partial charge is 0.295 e. The van der Waals surface area contributed by atoms with E-state index in [0.717, 1.165) is 23.1 Å². The number of likely N-dealkylation sites (tertiary alicyclic amines) is 1. The van der Waals surface area contributed by atoms with Gasteiger partial charge in [-0.25, -0.2) is 0 Å². The lowest BCUT2D eigenvalue weighted by atomic mass is 9.93. The predicted molar refractivity (Wildman–Crippen MR) is 119 cm³/mol. The summed E-state index contributed by atoms with van der Waals surface area (Å²) in [7, 11) is 1.54. The summed E-state index contributed by atoms with van der Waals surface area (Å²) >= 11 is 0. The van der Waals surface area contributed by atoms with E-state index in [0.29, 0.717) is 17.9 Å². The van der Waals surface area contributed by atoms with E-state index in [2.05, 4.69) is 0 Å². The van der Waals surface area contributed by atoms with Crippen LogP contribution >= 0.6 is 0 Å². The fourth-order valence-electron chi connectivity index (χ4n) is 3.75. The van der Waals surface area contributed by atoms with Crippen molar-refractivity contribution in [3.8, 4) is 5.75 Å². The lowest BCUT2D eigenvalue weighted by Crippen LogP contribution is -2.32. The number of ketones is 1. The van der Waals surface area contributed by atoms with Crippen LogP contribution in [0.4, 0.5) is 0 Å². The third-order valence-corrected chi connectivity index (χ3v) is 5.39. The Hall–Kier alpha value is -3.12. The highest BCUT2D eigenvalue weighted by molar-refractivity contribution is 6.46. The summed E-state index contributed by atoms with van der Waals surface area (Å²) in [4.78, 5) is 27.3. The minimum Gasteiger partial charge on any atom is -0.507 e. The van der Waals surface area contributed by atoms with Gasteiger partial charge in [0.15, 0.2) is 0 Å². The fourth-order valence-corrected chi connectivity index (χ4v) is 3.75. The molecule has 1 amide bonds. The first-order chi connectivity index (χ1) is 14.9. The Morgan fingerprint density at radius 1 is 1.06 bits per heavy atom. The van der Waals surface area contributed by atoms with Crippen molar-refractivity contribution in [2.75, 3.05) is 26.9 Å². The summed E-state index contributed by atoms with van der Waals surface area (Å²) in [6.07, 6.45) is 0.898. The van der Waals surface area contributed by atoms with Crippen LogP contribution in [0, 0.1) is 13.8 Å². The number of aliphatic hydroxyl groups is 1. The number of aliphatic hydroxyl groups excluding tert-OH is 1. The van der Waals surface area contributed by atoms with Gasteiger partial charge in [-0.1, -0.05) is 36.8 Å². The first kappa shape index (κ1) is 22.6. The Kier molecular flexibility index (Phi) is 7.13. The topological polar surface area (TPSA) is 76.1 Å². The minimum absolute atomic E-state index is 0.0945. The van der Waals surface area contributed by atoms with Crippen molar-refractivity contribution >= 4 is 17.4 Å². The van der Waals surface area contributed by atoms with Gasteiger partial charge in [-0.3, -0.25) is 9.59 Å². The molecular formula is C25H29NO5. The average molecular weight is 424 g/mol. The Balaban J connectivity index is 2.12. The van der Waals surface area contributed by atoms with Crippen LogP contribution in [0.3, 0.4) is 0 Å². The van der Waals surface area contributed by atoms with Gasteiger partial charge in [0.05, 0.1) is 24.8 Å². The maximum Gasteiger partial charge on any atom is 0.295 e. The van der Waals surface area contributed by atoms with Crippen LogP contribution in [-0.4, -0.2) is 48.6 Å². The summed E-state index contributed by atoms with van der Waals surface area (Å²) in [6.45, 7) is 6.95. The first-order valence-electron chi connectivity index (χ1n) is 10.5. The highest BCUT2D eigenvalue weighted by Gasteiger charge is 2.46. The van der Waals surface area contributed by atoms with Crippen LogP contribution in [0.15, 0.2) is 48.0 Å². The average Bonchev–Trinajstić information content (AvgIpc) is 3.02. The number of methoxy groups -OCH3 is 1. The van der Waals surface area contributed by atoms with E-state index >= 15 is 0 Å². The first-order valence-corrected chi connectivity index (χ1v) is 10.5. The van der Waals surface area contributed by atoms with Crippen LogP contribution in [0.2, 0.25) is 0 Å². The molecule has 1 saturated heterocycles. The third-order valence-electron chi connectivity index (χ3n) is 5.39. The standard InChI is InChI=1S/C25H29NO5/c1-5-13-31-19-10-8-18(9-11-19)22-21(24(28)25(29)26(22)12-14-30-4)23(27)20-15-16(2)6-7-17(20)3/h6-11,15,22,27H,5,12-14H2,1-4H3. The van der Waals surface area contributed by atoms with Gasteiger partial charge in [0.2, 0.25) is 0 Å². The quantitative estimate of drug-likeness (QED) is 0.392. The minimum atomic E-state index is -0.699. The molecule has 1 N–H and O–H groups in total. The zero-order valence-corrected chi connectivity index (χ0v) is 18.5. The second kappa shape index (κ2) is 9.79. The number of carbonyl (C=O) groups is 2. The molecule has 0 aromatic heterocycles. The van der Waals surface area contributed by atoms with E-state index in [9.17, 15) is 14.7 Å². The van der Waals surface area contributed by atoms with E-state index in [1.54, 1.807) is 7.11 Å². The van der Waals surface area contributed by atoms with Crippen molar-refractivity contribution in [3.05, 3.63) is 70.3 Å². The Bertz CT molecular complexity index is 993. The largest absolute Gasteiger partial charge is 0.507 e. The number of carbonyl (C=O) groups excluding carboxylic acids is 2. The maximum atomic E-state index is 13.0. The Labute approximate surface area is 183 Å². The van der Waals surface area contributed by atoms with Crippen LogP contribution in [0.25, 0.3) is 5.76 Å². The fraction of sp³-hybridized carbons (Fsp3) is 0.360. The van der Waals surface area contributed by atoms with Crippen molar-refractivity contribution in [1.29, 1.82) is 0 Å². The molecule has 0 spiro atoms. The Morgan fingerprint density at radius 2 is 1.77 bits per heavy atom. The molecule has 0 aliphatic carbocycles. The second-order valence-electron chi connectivity index (χ2n) is 7.72. The van der Waals surface area contributed by atoms with Gasteiger partial charge < -0.3 is 19.5 Å². The number of amides is 1. The summed E-state index contributed by atoms with van der Waals surface area (Å²) in [5, 5.41) is 11.2. The van der Waals surface area contributed by atoms with Crippen LogP contribution in [0.1, 0.15) is 41.6 Å². The molecule has 164 valence electrons. The van der Waals surface area contributed by atoms with Gasteiger partial charge in [-0.15, -0.1) is 0 Å². The van der Waals surface area contributed by atoms with Gasteiger partial charge in [-0.2, -0.15) is 0 Å². The molecule has 2 aromatic carbocycles. The highest BCUT2D eigenvalue weighted by atomic mass is 16.5. The monoisotopic (exact) mass is 423 g/mol. The molecule has 0 saturated carbocycles. The van der Waals surface area contributed by atoms with Crippen LogP contribution in [-0.2, 0) is 14.3 Å². The lowest BCUT2D eigenvalue weighted by Gasteiger charge is -2.25. The van der Waals surface area contributed by atoms with Crippen LogP contribution < -0.4 is 4.74 Å². The van der Waals surface area contributed by atoms with Gasteiger partial charge >= 0.3 is 0 Å². The van der Waals surface area contributed by atoms with Crippen LogP contribution in [0.5, 0.6) is 5.75 Å². The molecule has 1 heterocycles. The molecule has 1 atom stereocenters. The maximum absolute atomic E-state index is 13.0. The molecule has 1 unspecified atom stereocenters. The number of nitrogens with zero attached hydrogens (tertiary/aromatic N) is 1. The predicted octanol–water partition coefficient (Wildman–Crippen LogP) is 4.16. The zero-order valence-electron chi connectivity index (χ0n) is 18.5. The number of Topliss-reactive ketones (excluding diaryl/α,β-unsaturated/α-hetero) is 1. The molecule has 6 heteroatoms. The van der Waals surface area contributed by atoms with E-state index in [1.165, 1.54) is 4.90 Å². The summed E-state index contributed by atoms with van der Waals surface area (Å²) in [5.74, 6) is -0.768. The molecule has 1 aliphatic rings. The number of rotatable bonds is 8. The summed E-state index contributed by atoms with van der Waals surface area (Å²) < 4.78 is 10.8. The summed E-state index contributed by atoms with van der Waals surface area (Å²) in [5.41, 5.74) is 3.16. The SMILES string of the molecule is CCCOc1ccc(C2C(=C(O)c3cc(C)ccc3C)C(=O)C(=O)N2CCOC)cc1. The van der Waals surface area contributed by atoms with Crippen molar-refractivity contribution in [2.45, 2.75) is 33.2 Å². The molecule has 0 bridgehead atoms. The third kappa shape index (κ3) is 4.64. The number of ether oxygens (including phenoxy) is 2. The van der Waals surface area contributed by atoms with Gasteiger partial charge in [0, 0.05) is 19.2 Å². The number of hydrogen-bond acceptors (Lipinski definition) is 5. The van der Waals surface area contributed by atoms with Gasteiger partial charge in [0.25, 0.3) is 11.7 Å². The number of aryl methyl sites for hydroxylation is 2. The molecule has 6 nitrogen and oxygen atoms in total. The lowest BCUT2D eigenvalue weighted by molar-refractivity contribution is -0.140. The molecule has 2 aromatic rings. The highest BCUT2D eigenvalue weighted by Crippen LogP contribution is 2.40. The molecule has 1 fully saturated rings. The Morgan fingerprint density at radius 3 is 2.42 bits per heavy atom. The molecule has 31 heavy (non-hydrogen) atoms.